The first kappa shape index (κ1) is 26.3. The number of anilines is 2. The molecule has 1 heterocycles. The third-order valence-corrected chi connectivity index (χ3v) is 6.08. The fourth-order valence-corrected chi connectivity index (χ4v) is 3.96. The Morgan fingerprint density at radius 2 is 1.57 bits per heavy atom. The predicted molar refractivity (Wildman–Crippen MR) is 150 cm³/mol. The fraction of sp³-hybridized carbons (Fsp3) is 0.0968. The average Bonchev–Trinajstić information content (AvgIpc) is 3.42. The number of para-hydroxylation sites is 4. The number of amides is 2. The molecule has 0 aliphatic carbocycles. The molecule has 1 aromatic heterocycles. The molecule has 0 saturated heterocycles. The molecular weight excluding hydrogens is 513 g/mol. The van der Waals surface area contributed by atoms with Crippen molar-refractivity contribution >= 4 is 34.2 Å². The van der Waals surface area contributed by atoms with Gasteiger partial charge in [0.05, 0.1) is 17.9 Å². The third-order valence-electron chi connectivity index (χ3n) is 6.08. The van der Waals surface area contributed by atoms with E-state index in [9.17, 15) is 14.0 Å². The average molecular weight is 540 g/mol. The maximum Gasteiger partial charge on any atom is 0.292 e. The number of nitrogens with one attached hydrogen (secondary N) is 1. The number of benzene rings is 4. The summed E-state index contributed by atoms with van der Waals surface area (Å²) in [6.45, 7) is 0.207. The number of carbonyl (C=O) groups is 2. The SMILES string of the molecule is Nc1ccccc1NC(=O)c1ccc(OCCN(COc2ccccc2)C(=O)c2cc3cccc(F)c3o2)cc1. The lowest BCUT2D eigenvalue weighted by molar-refractivity contribution is 0.0530. The van der Waals surface area contributed by atoms with Crippen LogP contribution in [-0.2, 0) is 0 Å². The number of nitrogen functional groups attached to an aromatic ring is 1. The molecule has 202 valence electrons. The summed E-state index contributed by atoms with van der Waals surface area (Å²) in [5, 5.41) is 3.27. The Kier molecular flexibility index (Phi) is 7.92. The molecule has 4 aromatic carbocycles. The molecule has 8 nitrogen and oxygen atoms in total. The smallest absolute Gasteiger partial charge is 0.292 e. The van der Waals surface area contributed by atoms with Gasteiger partial charge in [-0.25, -0.2) is 4.39 Å². The highest BCUT2D eigenvalue weighted by molar-refractivity contribution is 6.05. The van der Waals surface area contributed by atoms with Crippen LogP contribution >= 0.6 is 0 Å². The van der Waals surface area contributed by atoms with E-state index < -0.39 is 11.7 Å². The molecule has 0 atom stereocenters. The van der Waals surface area contributed by atoms with Gasteiger partial charge in [-0.1, -0.05) is 42.5 Å². The summed E-state index contributed by atoms with van der Waals surface area (Å²) in [4.78, 5) is 27.3. The maximum atomic E-state index is 14.1. The summed E-state index contributed by atoms with van der Waals surface area (Å²) < 4.78 is 31.3. The normalized spacial score (nSPS) is 10.7. The molecule has 40 heavy (non-hydrogen) atoms. The summed E-state index contributed by atoms with van der Waals surface area (Å²) in [6.07, 6.45) is 0. The van der Waals surface area contributed by atoms with Gasteiger partial charge in [0.2, 0.25) is 0 Å². The van der Waals surface area contributed by atoms with Crippen LogP contribution in [0.4, 0.5) is 15.8 Å². The van der Waals surface area contributed by atoms with Crippen LogP contribution in [0.2, 0.25) is 0 Å². The Balaban J connectivity index is 1.23. The summed E-state index contributed by atoms with van der Waals surface area (Å²) in [5.41, 5.74) is 7.35. The van der Waals surface area contributed by atoms with E-state index in [0.717, 1.165) is 0 Å². The van der Waals surface area contributed by atoms with Crippen LogP contribution in [0.25, 0.3) is 11.0 Å². The number of halogens is 1. The number of carbonyl (C=O) groups excluding carboxylic acids is 2. The van der Waals surface area contributed by atoms with Gasteiger partial charge in [0, 0.05) is 10.9 Å². The van der Waals surface area contributed by atoms with Gasteiger partial charge in [-0.3, -0.25) is 14.5 Å². The third kappa shape index (κ3) is 6.21. The van der Waals surface area contributed by atoms with Gasteiger partial charge in [-0.05, 0) is 60.7 Å². The van der Waals surface area contributed by atoms with Crippen molar-refractivity contribution in [2.45, 2.75) is 0 Å². The number of ether oxygens (including phenoxy) is 2. The van der Waals surface area contributed by atoms with Gasteiger partial charge >= 0.3 is 0 Å². The summed E-state index contributed by atoms with van der Waals surface area (Å²) >= 11 is 0. The molecule has 0 unspecified atom stereocenters. The van der Waals surface area contributed by atoms with Crippen molar-refractivity contribution in [2.75, 3.05) is 30.9 Å². The first-order chi connectivity index (χ1) is 19.5. The minimum Gasteiger partial charge on any atom is -0.492 e. The largest absolute Gasteiger partial charge is 0.492 e. The lowest BCUT2D eigenvalue weighted by atomic mass is 10.2. The first-order valence-electron chi connectivity index (χ1n) is 12.5. The molecule has 9 heteroatoms. The number of furan rings is 1. The molecule has 3 N–H and O–H groups in total. The van der Waals surface area contributed by atoms with E-state index in [4.69, 9.17) is 19.6 Å². The van der Waals surface area contributed by atoms with Crippen LogP contribution in [-0.4, -0.2) is 36.6 Å². The zero-order valence-corrected chi connectivity index (χ0v) is 21.4. The zero-order chi connectivity index (χ0) is 27.9. The van der Waals surface area contributed by atoms with Crippen molar-refractivity contribution in [3.63, 3.8) is 0 Å². The molecule has 0 spiro atoms. The highest BCUT2D eigenvalue weighted by atomic mass is 19.1. The van der Waals surface area contributed by atoms with Crippen LogP contribution in [0.3, 0.4) is 0 Å². The number of fused-ring (bicyclic) bond motifs is 1. The van der Waals surface area contributed by atoms with Crippen molar-refractivity contribution in [2.24, 2.45) is 0 Å². The molecule has 5 rings (SSSR count). The minimum atomic E-state index is -0.545. The summed E-state index contributed by atoms with van der Waals surface area (Å²) in [7, 11) is 0. The van der Waals surface area contributed by atoms with Gasteiger partial charge in [0.1, 0.15) is 18.1 Å². The molecule has 5 aromatic rings. The second kappa shape index (κ2) is 12.0. The van der Waals surface area contributed by atoms with Gasteiger partial charge < -0.3 is 24.9 Å². The van der Waals surface area contributed by atoms with Crippen LogP contribution in [0, 0.1) is 5.82 Å². The van der Waals surface area contributed by atoms with E-state index in [0.29, 0.717) is 33.8 Å². The summed E-state index contributed by atoms with van der Waals surface area (Å²) in [5.74, 6) is -0.229. The van der Waals surface area contributed by atoms with Crippen molar-refractivity contribution in [3.8, 4) is 11.5 Å². The van der Waals surface area contributed by atoms with Crippen LogP contribution in [0.15, 0.2) is 108 Å². The number of nitrogens with zero attached hydrogens (tertiary/aromatic N) is 1. The second-order valence-electron chi connectivity index (χ2n) is 8.84. The number of hydrogen-bond donors (Lipinski definition) is 2. The number of rotatable bonds is 10. The minimum absolute atomic E-state index is 0.00817. The van der Waals surface area contributed by atoms with Crippen LogP contribution in [0.1, 0.15) is 20.9 Å². The number of nitrogens with two attached hydrogens (primary N) is 1. The Morgan fingerprint density at radius 1 is 0.850 bits per heavy atom. The number of hydrogen-bond acceptors (Lipinski definition) is 6. The molecule has 0 bridgehead atoms. The predicted octanol–water partition coefficient (Wildman–Crippen LogP) is 5.96. The lowest BCUT2D eigenvalue weighted by Gasteiger charge is -2.22. The molecule has 0 aliphatic heterocycles. The lowest BCUT2D eigenvalue weighted by Crippen LogP contribution is -2.37. The van der Waals surface area contributed by atoms with E-state index in [1.807, 2.05) is 18.2 Å². The first-order valence-corrected chi connectivity index (χ1v) is 12.5. The van der Waals surface area contributed by atoms with Gasteiger partial charge in [0.15, 0.2) is 23.9 Å². The Labute approximate surface area is 229 Å². The van der Waals surface area contributed by atoms with Crippen molar-refractivity contribution in [1.29, 1.82) is 0 Å². The Morgan fingerprint density at radius 3 is 2.33 bits per heavy atom. The fourth-order valence-electron chi connectivity index (χ4n) is 3.96. The highest BCUT2D eigenvalue weighted by Crippen LogP contribution is 2.24. The standard InChI is InChI=1S/C31H26FN3O5/c32-25-10-6-7-22-19-28(40-29(22)25)31(37)35(20-39-23-8-2-1-3-9-23)17-18-38-24-15-13-21(14-16-24)30(36)34-27-12-5-4-11-26(27)33/h1-16,19H,17-18,20,33H2,(H,34,36). The van der Waals surface area contributed by atoms with E-state index in [1.54, 1.807) is 72.8 Å². The molecule has 0 aliphatic rings. The van der Waals surface area contributed by atoms with Gasteiger partial charge in [0.25, 0.3) is 11.8 Å². The van der Waals surface area contributed by atoms with E-state index >= 15 is 0 Å². The van der Waals surface area contributed by atoms with E-state index in [-0.39, 0.29) is 37.1 Å². The van der Waals surface area contributed by atoms with Crippen molar-refractivity contribution in [3.05, 3.63) is 120 Å². The monoisotopic (exact) mass is 539 g/mol. The Hall–Kier alpha value is -5.31. The molecular formula is C31H26FN3O5. The van der Waals surface area contributed by atoms with Gasteiger partial charge in [-0.15, -0.1) is 0 Å². The highest BCUT2D eigenvalue weighted by Gasteiger charge is 2.22. The Bertz CT molecular complexity index is 1620. The van der Waals surface area contributed by atoms with E-state index in [2.05, 4.69) is 5.32 Å². The quantitative estimate of drug-likeness (QED) is 0.167. The van der Waals surface area contributed by atoms with Crippen molar-refractivity contribution in [1.82, 2.24) is 4.90 Å². The van der Waals surface area contributed by atoms with E-state index in [1.165, 1.54) is 17.0 Å². The van der Waals surface area contributed by atoms with Crippen LogP contribution in [0.5, 0.6) is 11.5 Å². The molecule has 2 amide bonds. The summed E-state index contributed by atoms with van der Waals surface area (Å²) in [6, 6.07) is 28.7. The molecule has 0 fully saturated rings. The van der Waals surface area contributed by atoms with Crippen LogP contribution < -0.4 is 20.5 Å². The zero-order valence-electron chi connectivity index (χ0n) is 21.4. The second-order valence-corrected chi connectivity index (χ2v) is 8.84. The van der Waals surface area contributed by atoms with Crippen molar-refractivity contribution < 1.29 is 27.9 Å². The molecule has 0 radical (unpaired) electrons. The maximum absolute atomic E-state index is 14.1. The topological polar surface area (TPSA) is 107 Å². The van der Waals surface area contributed by atoms with Gasteiger partial charge in [-0.2, -0.15) is 0 Å². The molecule has 0 saturated carbocycles.